The molecule has 5 heteroatoms. The first-order valence-corrected chi connectivity index (χ1v) is 7.62. The summed E-state index contributed by atoms with van der Waals surface area (Å²) in [4.78, 5) is 11.9. The first kappa shape index (κ1) is 17.1. The van der Waals surface area contributed by atoms with Gasteiger partial charge in [-0.15, -0.1) is 0 Å². The number of rotatable bonds is 8. The molecule has 0 bridgehead atoms. The fourth-order valence-electron chi connectivity index (χ4n) is 1.90. The van der Waals surface area contributed by atoms with Crippen molar-refractivity contribution in [3.8, 4) is 0 Å². The van der Waals surface area contributed by atoms with E-state index in [4.69, 9.17) is 4.74 Å². The van der Waals surface area contributed by atoms with Crippen LogP contribution in [0.4, 0.5) is 0 Å². The van der Waals surface area contributed by atoms with Crippen molar-refractivity contribution in [2.45, 2.75) is 32.4 Å². The van der Waals surface area contributed by atoms with Gasteiger partial charge in [0.15, 0.2) is 0 Å². The van der Waals surface area contributed by atoms with Gasteiger partial charge in [-0.25, -0.2) is 0 Å². The Kier molecular flexibility index (Phi) is 7.80. The van der Waals surface area contributed by atoms with Gasteiger partial charge in [-0.2, -0.15) is 0 Å². The molecule has 0 heterocycles. The molecule has 0 aromatic heterocycles. The summed E-state index contributed by atoms with van der Waals surface area (Å²) >= 11 is 3.46. The van der Waals surface area contributed by atoms with Crippen LogP contribution >= 0.6 is 15.9 Å². The lowest BCUT2D eigenvalue weighted by Gasteiger charge is -2.20. The van der Waals surface area contributed by atoms with Gasteiger partial charge < -0.3 is 10.1 Å². The number of hydrogen-bond donors (Lipinski definition) is 2. The standard InChI is InChI=1S/C15H23BrN2O2/c1-11(13-6-4-7-14(16)10-13)18-12(2)15(19)17-8-5-9-20-3/h4,6-7,10-12,18H,5,8-9H2,1-3H3,(H,17,19)/t11-,12?/m1/s1. The van der Waals surface area contributed by atoms with Crippen molar-refractivity contribution in [3.63, 3.8) is 0 Å². The number of methoxy groups -OCH3 is 1. The van der Waals surface area contributed by atoms with Crippen LogP contribution in [0.25, 0.3) is 0 Å². The SMILES string of the molecule is COCCCNC(=O)C(C)N[C@H](C)c1cccc(Br)c1. The van der Waals surface area contributed by atoms with Crippen molar-refractivity contribution in [2.24, 2.45) is 0 Å². The van der Waals surface area contributed by atoms with Crippen LogP contribution in [0.1, 0.15) is 31.9 Å². The Bertz CT molecular complexity index is 426. The zero-order chi connectivity index (χ0) is 15.0. The van der Waals surface area contributed by atoms with Crippen molar-refractivity contribution in [1.82, 2.24) is 10.6 Å². The highest BCUT2D eigenvalue weighted by molar-refractivity contribution is 9.10. The van der Waals surface area contributed by atoms with Gasteiger partial charge in [-0.05, 0) is 38.0 Å². The van der Waals surface area contributed by atoms with Crippen molar-refractivity contribution < 1.29 is 9.53 Å². The summed E-state index contributed by atoms with van der Waals surface area (Å²) in [6, 6.07) is 7.97. The predicted molar refractivity (Wildman–Crippen MR) is 84.7 cm³/mol. The number of amides is 1. The van der Waals surface area contributed by atoms with E-state index < -0.39 is 0 Å². The van der Waals surface area contributed by atoms with Gasteiger partial charge in [-0.1, -0.05) is 28.1 Å². The Hall–Kier alpha value is -0.910. The van der Waals surface area contributed by atoms with E-state index in [1.54, 1.807) is 7.11 Å². The van der Waals surface area contributed by atoms with E-state index in [1.165, 1.54) is 0 Å². The zero-order valence-corrected chi connectivity index (χ0v) is 13.9. The molecule has 4 nitrogen and oxygen atoms in total. The van der Waals surface area contributed by atoms with E-state index in [1.807, 2.05) is 25.1 Å². The lowest BCUT2D eigenvalue weighted by atomic mass is 10.1. The Morgan fingerprint density at radius 3 is 2.80 bits per heavy atom. The van der Waals surface area contributed by atoms with Crippen LogP contribution in [0.5, 0.6) is 0 Å². The molecule has 1 rings (SSSR count). The number of carbonyl (C=O) groups is 1. The van der Waals surface area contributed by atoms with Gasteiger partial charge >= 0.3 is 0 Å². The summed E-state index contributed by atoms with van der Waals surface area (Å²) in [5, 5.41) is 6.19. The van der Waals surface area contributed by atoms with Gasteiger partial charge in [0.2, 0.25) is 5.91 Å². The van der Waals surface area contributed by atoms with Crippen LogP contribution in [0, 0.1) is 0 Å². The van der Waals surface area contributed by atoms with Gasteiger partial charge in [0, 0.05) is 30.8 Å². The fourth-order valence-corrected chi connectivity index (χ4v) is 2.32. The molecule has 0 aliphatic heterocycles. The Morgan fingerprint density at radius 2 is 2.15 bits per heavy atom. The van der Waals surface area contributed by atoms with Crippen molar-refractivity contribution in [3.05, 3.63) is 34.3 Å². The van der Waals surface area contributed by atoms with E-state index in [-0.39, 0.29) is 18.0 Å². The Balaban J connectivity index is 2.40. The molecular weight excluding hydrogens is 320 g/mol. The van der Waals surface area contributed by atoms with Crippen LogP contribution in [-0.4, -0.2) is 32.2 Å². The average Bonchev–Trinajstić information content (AvgIpc) is 2.43. The molecule has 2 atom stereocenters. The molecule has 1 aromatic rings. The van der Waals surface area contributed by atoms with Gasteiger partial charge in [0.25, 0.3) is 0 Å². The lowest BCUT2D eigenvalue weighted by Crippen LogP contribution is -2.43. The normalized spacial score (nSPS) is 13.8. The maximum absolute atomic E-state index is 11.9. The summed E-state index contributed by atoms with van der Waals surface area (Å²) < 4.78 is 5.99. The highest BCUT2D eigenvalue weighted by atomic mass is 79.9. The largest absolute Gasteiger partial charge is 0.385 e. The maximum Gasteiger partial charge on any atom is 0.236 e. The minimum atomic E-state index is -0.230. The lowest BCUT2D eigenvalue weighted by molar-refractivity contribution is -0.122. The quantitative estimate of drug-likeness (QED) is 0.714. The second kappa shape index (κ2) is 9.10. The fraction of sp³-hybridized carbons (Fsp3) is 0.533. The molecule has 2 N–H and O–H groups in total. The number of nitrogens with one attached hydrogen (secondary N) is 2. The smallest absolute Gasteiger partial charge is 0.236 e. The number of ether oxygens (including phenoxy) is 1. The van der Waals surface area contributed by atoms with Gasteiger partial charge in [0.1, 0.15) is 0 Å². The van der Waals surface area contributed by atoms with E-state index in [0.717, 1.165) is 16.5 Å². The molecule has 0 aliphatic carbocycles. The Morgan fingerprint density at radius 1 is 1.40 bits per heavy atom. The van der Waals surface area contributed by atoms with E-state index in [2.05, 4.69) is 39.6 Å². The van der Waals surface area contributed by atoms with Gasteiger partial charge in [0.05, 0.1) is 6.04 Å². The van der Waals surface area contributed by atoms with Crippen LogP contribution < -0.4 is 10.6 Å². The van der Waals surface area contributed by atoms with E-state index in [0.29, 0.717) is 13.2 Å². The molecular formula is C15H23BrN2O2. The van der Waals surface area contributed by atoms with Crippen LogP contribution in [0.3, 0.4) is 0 Å². The minimum absolute atomic E-state index is 0.0166. The molecule has 0 fully saturated rings. The first-order chi connectivity index (χ1) is 9.54. The highest BCUT2D eigenvalue weighted by Crippen LogP contribution is 2.18. The summed E-state index contributed by atoms with van der Waals surface area (Å²) in [7, 11) is 1.66. The molecule has 0 saturated heterocycles. The van der Waals surface area contributed by atoms with Crippen LogP contribution in [0.15, 0.2) is 28.7 Å². The van der Waals surface area contributed by atoms with E-state index >= 15 is 0 Å². The summed E-state index contributed by atoms with van der Waals surface area (Å²) in [6.07, 6.45) is 0.830. The molecule has 112 valence electrons. The second-order valence-corrected chi connectivity index (χ2v) is 5.72. The molecule has 20 heavy (non-hydrogen) atoms. The van der Waals surface area contributed by atoms with Crippen LogP contribution in [0.2, 0.25) is 0 Å². The third kappa shape index (κ3) is 6.03. The van der Waals surface area contributed by atoms with Crippen LogP contribution in [-0.2, 0) is 9.53 Å². The van der Waals surface area contributed by atoms with Crippen molar-refractivity contribution >= 4 is 21.8 Å². The minimum Gasteiger partial charge on any atom is -0.385 e. The Labute approximate surface area is 129 Å². The summed E-state index contributed by atoms with van der Waals surface area (Å²) in [6.45, 7) is 5.23. The predicted octanol–water partition coefficient (Wildman–Crippen LogP) is 2.64. The van der Waals surface area contributed by atoms with Crippen molar-refractivity contribution in [1.29, 1.82) is 0 Å². The summed E-state index contributed by atoms with van der Waals surface area (Å²) in [5.74, 6) is 0.0166. The highest BCUT2D eigenvalue weighted by Gasteiger charge is 2.15. The molecule has 0 radical (unpaired) electrons. The third-order valence-electron chi connectivity index (χ3n) is 3.07. The molecule has 0 aliphatic rings. The van der Waals surface area contributed by atoms with E-state index in [9.17, 15) is 4.79 Å². The maximum atomic E-state index is 11.9. The van der Waals surface area contributed by atoms with Gasteiger partial charge in [-0.3, -0.25) is 10.1 Å². The first-order valence-electron chi connectivity index (χ1n) is 6.82. The number of carbonyl (C=O) groups excluding carboxylic acids is 1. The topological polar surface area (TPSA) is 50.4 Å². The molecule has 0 spiro atoms. The average molecular weight is 343 g/mol. The number of benzene rings is 1. The molecule has 0 saturated carbocycles. The second-order valence-electron chi connectivity index (χ2n) is 4.80. The zero-order valence-electron chi connectivity index (χ0n) is 12.3. The number of hydrogen-bond acceptors (Lipinski definition) is 3. The monoisotopic (exact) mass is 342 g/mol. The third-order valence-corrected chi connectivity index (χ3v) is 3.56. The molecule has 1 aromatic carbocycles. The summed E-state index contributed by atoms with van der Waals surface area (Å²) in [5.41, 5.74) is 1.15. The molecule has 1 amide bonds. The number of halogens is 1. The molecule has 1 unspecified atom stereocenters. The van der Waals surface area contributed by atoms with Crippen molar-refractivity contribution in [2.75, 3.05) is 20.3 Å².